The van der Waals surface area contributed by atoms with Crippen molar-refractivity contribution in [1.29, 1.82) is 0 Å². The summed E-state index contributed by atoms with van der Waals surface area (Å²) in [5.41, 5.74) is 4.35. The Bertz CT molecular complexity index is 607. The lowest BCUT2D eigenvalue weighted by Gasteiger charge is -2.17. The van der Waals surface area contributed by atoms with E-state index in [4.69, 9.17) is 22.2 Å². The van der Waals surface area contributed by atoms with Crippen molar-refractivity contribution < 1.29 is 9.13 Å². The van der Waals surface area contributed by atoms with Crippen LogP contribution in [0.2, 0.25) is 5.02 Å². The summed E-state index contributed by atoms with van der Waals surface area (Å²) in [6.07, 6.45) is 1.12. The van der Waals surface area contributed by atoms with Crippen molar-refractivity contribution in [3.63, 3.8) is 0 Å². The first-order valence-corrected chi connectivity index (χ1v) is 7.03. The fourth-order valence-electron chi connectivity index (χ4n) is 2.28. The molecule has 3 N–H and O–H groups in total. The molecule has 21 heavy (non-hydrogen) atoms. The summed E-state index contributed by atoms with van der Waals surface area (Å²) in [5, 5.41) is 0.677. The molecule has 0 heterocycles. The van der Waals surface area contributed by atoms with E-state index >= 15 is 0 Å². The Morgan fingerprint density at radius 3 is 2.67 bits per heavy atom. The van der Waals surface area contributed by atoms with E-state index in [1.165, 1.54) is 7.11 Å². The highest BCUT2D eigenvalue weighted by Gasteiger charge is 2.14. The SMILES string of the molecule is COc1cccc(CC(Cc2cccc(Cl)c2)NN)c1F. The number of ether oxygens (including phenoxy) is 1. The molecular weight excluding hydrogens is 291 g/mol. The maximum Gasteiger partial charge on any atom is 0.168 e. The summed E-state index contributed by atoms with van der Waals surface area (Å²) < 4.78 is 19.1. The van der Waals surface area contributed by atoms with Gasteiger partial charge in [-0.25, -0.2) is 4.39 Å². The summed E-state index contributed by atoms with van der Waals surface area (Å²) in [7, 11) is 1.45. The normalized spacial score (nSPS) is 12.2. The van der Waals surface area contributed by atoms with Gasteiger partial charge in [0.1, 0.15) is 0 Å². The van der Waals surface area contributed by atoms with Crippen molar-refractivity contribution in [2.24, 2.45) is 5.84 Å². The first kappa shape index (κ1) is 15.8. The molecule has 0 aliphatic carbocycles. The lowest BCUT2D eigenvalue weighted by Crippen LogP contribution is -2.38. The predicted octanol–water partition coefficient (Wildman–Crippen LogP) is 3.10. The summed E-state index contributed by atoms with van der Waals surface area (Å²) in [5.74, 6) is 5.49. The van der Waals surface area contributed by atoms with E-state index in [2.05, 4.69) is 5.43 Å². The number of methoxy groups -OCH3 is 1. The van der Waals surface area contributed by atoms with Gasteiger partial charge in [0.15, 0.2) is 11.6 Å². The van der Waals surface area contributed by atoms with Gasteiger partial charge in [-0.15, -0.1) is 0 Å². The van der Waals surface area contributed by atoms with Crippen molar-refractivity contribution in [1.82, 2.24) is 5.43 Å². The van der Waals surface area contributed by atoms with E-state index < -0.39 is 0 Å². The summed E-state index contributed by atoms with van der Waals surface area (Å²) in [6, 6.07) is 12.6. The van der Waals surface area contributed by atoms with Crippen molar-refractivity contribution in [2.45, 2.75) is 18.9 Å². The lowest BCUT2D eigenvalue weighted by molar-refractivity contribution is 0.382. The molecule has 5 heteroatoms. The first-order valence-electron chi connectivity index (χ1n) is 6.66. The maximum absolute atomic E-state index is 14.2. The Labute approximate surface area is 128 Å². The number of rotatable bonds is 6. The minimum atomic E-state index is -0.341. The molecule has 0 fully saturated rings. The zero-order valence-electron chi connectivity index (χ0n) is 11.8. The second-order valence-electron chi connectivity index (χ2n) is 4.84. The number of nitrogens with two attached hydrogens (primary N) is 1. The Morgan fingerprint density at radius 2 is 2.00 bits per heavy atom. The van der Waals surface area contributed by atoms with E-state index in [0.717, 1.165) is 5.56 Å². The average molecular weight is 309 g/mol. The molecule has 1 atom stereocenters. The highest BCUT2D eigenvalue weighted by molar-refractivity contribution is 6.30. The predicted molar refractivity (Wildman–Crippen MR) is 82.9 cm³/mol. The van der Waals surface area contributed by atoms with Gasteiger partial charge in [-0.2, -0.15) is 0 Å². The molecule has 2 aromatic carbocycles. The highest BCUT2D eigenvalue weighted by atomic mass is 35.5. The molecule has 1 unspecified atom stereocenters. The van der Waals surface area contributed by atoms with Crippen LogP contribution in [0.4, 0.5) is 4.39 Å². The number of nitrogens with one attached hydrogen (secondary N) is 1. The number of hydrogen-bond acceptors (Lipinski definition) is 3. The molecule has 0 aliphatic heterocycles. The second kappa shape index (κ2) is 7.41. The quantitative estimate of drug-likeness (QED) is 0.637. The van der Waals surface area contributed by atoms with Gasteiger partial charge in [0.2, 0.25) is 0 Å². The van der Waals surface area contributed by atoms with E-state index in [1.54, 1.807) is 18.2 Å². The van der Waals surface area contributed by atoms with E-state index in [1.807, 2.05) is 24.3 Å². The van der Waals surface area contributed by atoms with Crippen LogP contribution in [0.25, 0.3) is 0 Å². The molecule has 0 aromatic heterocycles. The molecule has 112 valence electrons. The topological polar surface area (TPSA) is 47.3 Å². The molecular formula is C16H18ClFN2O. The van der Waals surface area contributed by atoms with E-state index in [0.29, 0.717) is 23.4 Å². The second-order valence-corrected chi connectivity index (χ2v) is 5.27. The van der Waals surface area contributed by atoms with Gasteiger partial charge in [-0.05, 0) is 42.2 Å². The third kappa shape index (κ3) is 4.17. The molecule has 2 aromatic rings. The molecule has 0 spiro atoms. The maximum atomic E-state index is 14.2. The summed E-state index contributed by atoms with van der Waals surface area (Å²) >= 11 is 5.97. The number of halogens is 2. The molecule has 0 saturated heterocycles. The van der Waals surface area contributed by atoms with Crippen LogP contribution >= 0.6 is 11.6 Å². The third-order valence-electron chi connectivity index (χ3n) is 3.34. The standard InChI is InChI=1S/C16H18ClFN2O/c1-21-15-7-3-5-12(16(15)18)10-14(20-19)9-11-4-2-6-13(17)8-11/h2-8,14,20H,9-10,19H2,1H3. The van der Waals surface area contributed by atoms with Crippen LogP contribution in [-0.4, -0.2) is 13.2 Å². The largest absolute Gasteiger partial charge is 0.494 e. The monoisotopic (exact) mass is 308 g/mol. The summed E-state index contributed by atoms with van der Waals surface area (Å²) in [6.45, 7) is 0. The number of hydrazine groups is 1. The molecule has 2 rings (SSSR count). The third-order valence-corrected chi connectivity index (χ3v) is 3.57. The average Bonchev–Trinajstić information content (AvgIpc) is 2.48. The smallest absolute Gasteiger partial charge is 0.168 e. The van der Waals surface area contributed by atoms with Crippen LogP contribution in [-0.2, 0) is 12.8 Å². The van der Waals surface area contributed by atoms with Gasteiger partial charge in [-0.1, -0.05) is 35.9 Å². The van der Waals surface area contributed by atoms with Crippen molar-refractivity contribution >= 4 is 11.6 Å². The van der Waals surface area contributed by atoms with Crippen molar-refractivity contribution in [3.8, 4) is 5.75 Å². The molecule has 0 amide bonds. The highest BCUT2D eigenvalue weighted by Crippen LogP contribution is 2.22. The van der Waals surface area contributed by atoms with Crippen LogP contribution in [0.5, 0.6) is 5.75 Å². The molecule has 0 bridgehead atoms. The zero-order valence-corrected chi connectivity index (χ0v) is 12.5. The minimum Gasteiger partial charge on any atom is -0.494 e. The Morgan fingerprint density at radius 1 is 1.24 bits per heavy atom. The fourth-order valence-corrected chi connectivity index (χ4v) is 2.49. The van der Waals surface area contributed by atoms with Gasteiger partial charge in [0, 0.05) is 11.1 Å². The Balaban J connectivity index is 2.12. The molecule has 0 saturated carbocycles. The van der Waals surface area contributed by atoms with Gasteiger partial charge in [-0.3, -0.25) is 11.3 Å². The molecule has 3 nitrogen and oxygen atoms in total. The van der Waals surface area contributed by atoms with Crippen LogP contribution in [0.3, 0.4) is 0 Å². The van der Waals surface area contributed by atoms with Crippen molar-refractivity contribution in [2.75, 3.05) is 7.11 Å². The first-order chi connectivity index (χ1) is 10.1. The Kier molecular flexibility index (Phi) is 5.56. The fraction of sp³-hybridized carbons (Fsp3) is 0.250. The zero-order chi connectivity index (χ0) is 15.2. The van der Waals surface area contributed by atoms with Crippen LogP contribution in [0, 0.1) is 5.82 Å². The number of benzene rings is 2. The van der Waals surface area contributed by atoms with Crippen LogP contribution in [0.1, 0.15) is 11.1 Å². The minimum absolute atomic E-state index is 0.0925. The van der Waals surface area contributed by atoms with Crippen molar-refractivity contribution in [3.05, 3.63) is 64.4 Å². The molecule has 0 radical (unpaired) electrons. The van der Waals surface area contributed by atoms with Gasteiger partial charge in [0.25, 0.3) is 0 Å². The Hall–Kier alpha value is -1.62. The molecule has 0 aliphatic rings. The van der Waals surface area contributed by atoms with Crippen LogP contribution < -0.4 is 16.0 Å². The van der Waals surface area contributed by atoms with Gasteiger partial charge in [0.05, 0.1) is 7.11 Å². The van der Waals surface area contributed by atoms with Crippen LogP contribution in [0.15, 0.2) is 42.5 Å². The lowest BCUT2D eigenvalue weighted by atomic mass is 9.99. The van der Waals surface area contributed by atoms with E-state index in [9.17, 15) is 4.39 Å². The van der Waals surface area contributed by atoms with Gasteiger partial charge < -0.3 is 4.74 Å². The van der Waals surface area contributed by atoms with Gasteiger partial charge >= 0.3 is 0 Å². The summed E-state index contributed by atoms with van der Waals surface area (Å²) in [4.78, 5) is 0. The number of hydrogen-bond donors (Lipinski definition) is 2. The van der Waals surface area contributed by atoms with E-state index in [-0.39, 0.29) is 17.6 Å².